The number of halogens is 2. The molecule has 1 aliphatic carbocycles. The average Bonchev–Trinajstić information content (AvgIpc) is 3.42. The number of fused-ring (bicyclic) bond motifs is 3. The molecular formula is C22H18F2N4O2. The van der Waals surface area contributed by atoms with Gasteiger partial charge in [0.15, 0.2) is 11.1 Å². The quantitative estimate of drug-likeness (QED) is 0.494. The number of hydrogen-bond acceptors (Lipinski definition) is 5. The minimum atomic E-state index is -0.706. The van der Waals surface area contributed by atoms with Crippen LogP contribution in [0.2, 0.25) is 0 Å². The van der Waals surface area contributed by atoms with Crippen molar-refractivity contribution >= 4 is 33.4 Å². The summed E-state index contributed by atoms with van der Waals surface area (Å²) >= 11 is 0. The summed E-state index contributed by atoms with van der Waals surface area (Å²) < 4.78 is 36.1. The van der Waals surface area contributed by atoms with Gasteiger partial charge in [-0.25, -0.2) is 13.8 Å². The van der Waals surface area contributed by atoms with Gasteiger partial charge >= 0.3 is 0 Å². The Bertz CT molecular complexity index is 1450. The van der Waals surface area contributed by atoms with Gasteiger partial charge in [0.05, 0.1) is 16.9 Å². The first kappa shape index (κ1) is 18.4. The van der Waals surface area contributed by atoms with Gasteiger partial charge in [-0.05, 0) is 43.0 Å². The van der Waals surface area contributed by atoms with Gasteiger partial charge in [-0.2, -0.15) is 0 Å². The lowest BCUT2D eigenvalue weighted by atomic mass is 9.96. The van der Waals surface area contributed by atoms with E-state index in [-0.39, 0.29) is 40.0 Å². The Morgan fingerprint density at radius 2 is 1.97 bits per heavy atom. The minimum Gasteiger partial charge on any atom is -0.434 e. The Hall–Kier alpha value is -3.68. The molecule has 1 saturated carbocycles. The molecule has 2 aromatic carbocycles. The molecule has 4 aromatic rings. The SMILES string of the molecule is C=C(N)c1nc2c(=O)n(C3CC3)c3c(C)c(-c4cc(F)c(N)cc4F)ccc3c2o1. The molecule has 0 atom stereocenters. The number of anilines is 1. The predicted octanol–water partition coefficient (Wildman–Crippen LogP) is 4.24. The molecule has 0 unspecified atom stereocenters. The molecule has 1 fully saturated rings. The van der Waals surface area contributed by atoms with Crippen LogP contribution in [0, 0.1) is 18.6 Å². The number of nitrogens with two attached hydrogens (primary N) is 2. The van der Waals surface area contributed by atoms with Crippen molar-refractivity contribution in [3.63, 3.8) is 0 Å². The molecule has 6 nitrogen and oxygen atoms in total. The van der Waals surface area contributed by atoms with Crippen LogP contribution in [-0.4, -0.2) is 9.55 Å². The van der Waals surface area contributed by atoms with E-state index in [1.807, 2.05) is 0 Å². The highest BCUT2D eigenvalue weighted by atomic mass is 19.1. The molecule has 0 amide bonds. The second kappa shape index (κ2) is 6.16. The maximum Gasteiger partial charge on any atom is 0.281 e. The van der Waals surface area contributed by atoms with E-state index >= 15 is 0 Å². The standard InChI is InChI=1S/C22H18F2N4O2/c1-9-12(14-7-16(24)17(26)8-15(14)23)5-6-13-19(9)28(11-3-4-11)22(29)18-20(13)30-21(27-18)10(2)25/h5-8,11H,2-4,25-26H2,1H3. The number of rotatable bonds is 3. The van der Waals surface area contributed by atoms with Crippen molar-refractivity contribution in [1.29, 1.82) is 0 Å². The van der Waals surface area contributed by atoms with Gasteiger partial charge in [0.2, 0.25) is 5.89 Å². The Morgan fingerprint density at radius 3 is 2.63 bits per heavy atom. The fourth-order valence-electron chi connectivity index (χ4n) is 3.94. The van der Waals surface area contributed by atoms with Crippen LogP contribution in [0.15, 0.2) is 40.1 Å². The molecule has 2 heterocycles. The van der Waals surface area contributed by atoms with Gasteiger partial charge in [-0.1, -0.05) is 12.6 Å². The molecule has 152 valence electrons. The zero-order valence-electron chi connectivity index (χ0n) is 16.1. The second-order valence-electron chi connectivity index (χ2n) is 7.62. The summed E-state index contributed by atoms with van der Waals surface area (Å²) in [7, 11) is 0. The number of aromatic nitrogens is 2. The van der Waals surface area contributed by atoms with Gasteiger partial charge in [0.1, 0.15) is 11.6 Å². The number of nitrogen functional groups attached to an aromatic ring is 1. The number of benzene rings is 2. The van der Waals surface area contributed by atoms with Crippen molar-refractivity contribution in [2.75, 3.05) is 5.73 Å². The molecule has 0 bridgehead atoms. The van der Waals surface area contributed by atoms with Crippen molar-refractivity contribution in [1.82, 2.24) is 9.55 Å². The second-order valence-corrected chi connectivity index (χ2v) is 7.62. The van der Waals surface area contributed by atoms with E-state index in [0.717, 1.165) is 25.0 Å². The zero-order chi connectivity index (χ0) is 21.3. The van der Waals surface area contributed by atoms with Crippen LogP contribution in [0.1, 0.15) is 30.3 Å². The Kier molecular flexibility index (Phi) is 3.77. The lowest BCUT2D eigenvalue weighted by molar-refractivity contribution is 0.585. The van der Waals surface area contributed by atoms with Gasteiger partial charge in [-0.3, -0.25) is 4.79 Å². The lowest BCUT2D eigenvalue weighted by Crippen LogP contribution is -2.21. The van der Waals surface area contributed by atoms with Gasteiger partial charge in [0.25, 0.3) is 5.56 Å². The largest absolute Gasteiger partial charge is 0.434 e. The summed E-state index contributed by atoms with van der Waals surface area (Å²) in [5, 5.41) is 0.647. The third kappa shape index (κ3) is 2.53. The van der Waals surface area contributed by atoms with Gasteiger partial charge < -0.3 is 20.5 Å². The summed E-state index contributed by atoms with van der Waals surface area (Å²) in [6.07, 6.45) is 1.70. The fraction of sp³-hybridized carbons (Fsp3) is 0.182. The summed E-state index contributed by atoms with van der Waals surface area (Å²) in [6, 6.07) is 5.45. The molecular weight excluding hydrogens is 390 g/mol. The first-order valence-corrected chi connectivity index (χ1v) is 9.46. The van der Waals surface area contributed by atoms with Crippen LogP contribution in [0.25, 0.3) is 38.8 Å². The molecule has 5 rings (SSSR count). The normalized spacial score (nSPS) is 14.0. The maximum atomic E-state index is 14.6. The van der Waals surface area contributed by atoms with E-state index in [9.17, 15) is 13.6 Å². The van der Waals surface area contributed by atoms with Crippen LogP contribution in [0.5, 0.6) is 0 Å². The minimum absolute atomic E-state index is 0.0209. The number of oxazole rings is 1. The van der Waals surface area contributed by atoms with Crippen LogP contribution in [0.4, 0.5) is 14.5 Å². The molecule has 8 heteroatoms. The molecule has 0 spiro atoms. The Labute approximate surface area is 169 Å². The third-order valence-corrected chi connectivity index (χ3v) is 5.53. The number of aryl methyl sites for hydroxylation is 1. The molecule has 30 heavy (non-hydrogen) atoms. The van der Waals surface area contributed by atoms with E-state index in [4.69, 9.17) is 15.9 Å². The smallest absolute Gasteiger partial charge is 0.281 e. The third-order valence-electron chi connectivity index (χ3n) is 5.53. The first-order valence-electron chi connectivity index (χ1n) is 9.46. The summed E-state index contributed by atoms with van der Waals surface area (Å²) in [6.45, 7) is 5.39. The van der Waals surface area contributed by atoms with Crippen molar-refractivity contribution in [2.45, 2.75) is 25.8 Å². The highest BCUT2D eigenvalue weighted by molar-refractivity contribution is 6.04. The fourth-order valence-corrected chi connectivity index (χ4v) is 3.94. The topological polar surface area (TPSA) is 100 Å². The van der Waals surface area contributed by atoms with E-state index in [1.165, 1.54) is 0 Å². The molecule has 4 N–H and O–H groups in total. The Morgan fingerprint density at radius 1 is 1.23 bits per heavy atom. The van der Waals surface area contributed by atoms with Crippen molar-refractivity contribution in [2.24, 2.45) is 5.73 Å². The van der Waals surface area contributed by atoms with Crippen LogP contribution in [-0.2, 0) is 0 Å². The molecule has 0 saturated heterocycles. The molecule has 2 aromatic heterocycles. The van der Waals surface area contributed by atoms with Crippen molar-refractivity contribution < 1.29 is 13.2 Å². The summed E-state index contributed by atoms with van der Waals surface area (Å²) in [4.78, 5) is 17.5. The zero-order valence-corrected chi connectivity index (χ0v) is 16.1. The lowest BCUT2D eigenvalue weighted by Gasteiger charge is -2.16. The monoisotopic (exact) mass is 408 g/mol. The number of hydrogen-bond donors (Lipinski definition) is 2. The number of pyridine rings is 1. The summed E-state index contributed by atoms with van der Waals surface area (Å²) in [5.41, 5.74) is 13.0. The van der Waals surface area contributed by atoms with Crippen LogP contribution < -0.4 is 17.0 Å². The van der Waals surface area contributed by atoms with Crippen LogP contribution >= 0.6 is 0 Å². The van der Waals surface area contributed by atoms with E-state index in [0.29, 0.717) is 27.6 Å². The highest BCUT2D eigenvalue weighted by Gasteiger charge is 2.30. The van der Waals surface area contributed by atoms with Crippen LogP contribution in [0.3, 0.4) is 0 Å². The van der Waals surface area contributed by atoms with E-state index in [2.05, 4.69) is 11.6 Å². The number of nitrogens with zero attached hydrogens (tertiary/aromatic N) is 2. The first-order chi connectivity index (χ1) is 14.3. The highest BCUT2D eigenvalue weighted by Crippen LogP contribution is 2.41. The summed E-state index contributed by atoms with van der Waals surface area (Å²) in [5.74, 6) is -1.26. The molecule has 0 radical (unpaired) electrons. The molecule has 1 aliphatic rings. The van der Waals surface area contributed by atoms with Gasteiger partial charge in [0, 0.05) is 23.1 Å². The van der Waals surface area contributed by atoms with Crippen molar-refractivity contribution in [3.8, 4) is 11.1 Å². The van der Waals surface area contributed by atoms with Gasteiger partial charge in [-0.15, -0.1) is 0 Å². The maximum absolute atomic E-state index is 14.6. The Balaban J connectivity index is 1.91. The predicted molar refractivity (Wildman–Crippen MR) is 112 cm³/mol. The van der Waals surface area contributed by atoms with E-state index < -0.39 is 11.6 Å². The molecule has 0 aliphatic heterocycles. The average molecular weight is 408 g/mol. The van der Waals surface area contributed by atoms with Crippen molar-refractivity contribution in [3.05, 3.63) is 64.3 Å². The van der Waals surface area contributed by atoms with E-state index in [1.54, 1.807) is 23.6 Å².